The third-order valence-corrected chi connectivity index (χ3v) is 3.21. The molecule has 0 fully saturated rings. The molecule has 1 aliphatic rings. The number of primary amides is 1. The minimum atomic E-state index is -0.768. The van der Waals surface area contributed by atoms with Gasteiger partial charge in [0.1, 0.15) is 11.4 Å². The van der Waals surface area contributed by atoms with Crippen molar-refractivity contribution in [2.45, 2.75) is 19.4 Å². The first kappa shape index (κ1) is 12.5. The molecule has 1 amide bonds. The fourth-order valence-corrected chi connectivity index (χ4v) is 2.28. The van der Waals surface area contributed by atoms with Crippen LogP contribution in [0.4, 0.5) is 0 Å². The van der Waals surface area contributed by atoms with Crippen molar-refractivity contribution in [2.75, 3.05) is 0 Å². The van der Waals surface area contributed by atoms with Gasteiger partial charge in [-0.15, -0.1) is 0 Å². The lowest BCUT2D eigenvalue weighted by molar-refractivity contribution is 0.0998. The summed E-state index contributed by atoms with van der Waals surface area (Å²) in [6.07, 6.45) is 7.77. The van der Waals surface area contributed by atoms with Gasteiger partial charge in [0.05, 0.1) is 12.1 Å². The molecular weight excluding hydrogens is 256 g/mol. The van der Waals surface area contributed by atoms with Crippen molar-refractivity contribution < 1.29 is 4.79 Å². The van der Waals surface area contributed by atoms with Crippen LogP contribution in [0.1, 0.15) is 29.0 Å². The maximum absolute atomic E-state index is 12.4. The molecule has 0 bridgehead atoms. The van der Waals surface area contributed by atoms with Crippen LogP contribution in [0.3, 0.4) is 0 Å². The van der Waals surface area contributed by atoms with Crippen LogP contribution in [0, 0.1) is 6.42 Å². The van der Waals surface area contributed by atoms with Crippen molar-refractivity contribution in [3.8, 4) is 11.3 Å². The lowest BCUT2D eigenvalue weighted by Crippen LogP contribution is -2.35. The van der Waals surface area contributed by atoms with Crippen LogP contribution in [0.25, 0.3) is 11.3 Å². The van der Waals surface area contributed by atoms with Crippen LogP contribution in [-0.4, -0.2) is 20.4 Å². The lowest BCUT2D eigenvalue weighted by Gasteiger charge is -2.19. The first-order valence-electron chi connectivity index (χ1n) is 6.27. The van der Waals surface area contributed by atoms with Crippen molar-refractivity contribution in [1.29, 1.82) is 0 Å². The summed E-state index contributed by atoms with van der Waals surface area (Å²) in [6.45, 7) is 0.533. The van der Waals surface area contributed by atoms with Crippen molar-refractivity contribution >= 4 is 5.91 Å². The summed E-state index contributed by atoms with van der Waals surface area (Å²) >= 11 is 0. The van der Waals surface area contributed by atoms with Crippen LogP contribution in [0.15, 0.2) is 29.3 Å². The van der Waals surface area contributed by atoms with Gasteiger partial charge in [-0.05, 0) is 25.0 Å². The predicted molar refractivity (Wildman–Crippen MR) is 71.8 cm³/mol. The number of nitrogens with two attached hydrogens (primary N) is 1. The molecule has 0 aromatic carbocycles. The number of fused-ring (bicyclic) bond motifs is 1. The highest BCUT2D eigenvalue weighted by molar-refractivity contribution is 5.98. The first-order chi connectivity index (χ1) is 9.68. The number of amides is 1. The highest BCUT2D eigenvalue weighted by Crippen LogP contribution is 2.21. The molecule has 0 aliphatic carbocycles. The first-order valence-corrected chi connectivity index (χ1v) is 6.27. The summed E-state index contributed by atoms with van der Waals surface area (Å²) in [6, 6.07) is 3.38. The zero-order chi connectivity index (χ0) is 14.1. The zero-order valence-electron chi connectivity index (χ0n) is 10.7. The van der Waals surface area contributed by atoms with Gasteiger partial charge in [0.25, 0.3) is 11.5 Å². The fourth-order valence-electron chi connectivity index (χ4n) is 2.28. The Balaban J connectivity index is 2.31. The molecule has 0 atom stereocenters. The Morgan fingerprint density at radius 2 is 2.10 bits per heavy atom. The van der Waals surface area contributed by atoms with E-state index in [9.17, 15) is 9.59 Å². The van der Waals surface area contributed by atoms with E-state index in [0.717, 1.165) is 12.8 Å². The molecule has 0 unspecified atom stereocenters. The van der Waals surface area contributed by atoms with Gasteiger partial charge < -0.3 is 5.73 Å². The van der Waals surface area contributed by atoms with Crippen molar-refractivity contribution in [1.82, 2.24) is 14.5 Å². The summed E-state index contributed by atoms with van der Waals surface area (Å²) in [7, 11) is 0. The van der Waals surface area contributed by atoms with Crippen LogP contribution < -0.4 is 11.3 Å². The standard InChI is InChI=1S/C14H12N4O2/c15-13(19)11-12(9-4-6-16-7-5-9)17-10-3-1-2-8-18(10)14(11)20/h4-7H,1-2,8H2,(H2,15,19). The number of hydrogen-bond acceptors (Lipinski definition) is 4. The smallest absolute Gasteiger partial charge is 0.267 e. The molecule has 2 N–H and O–H groups in total. The van der Waals surface area contributed by atoms with Gasteiger partial charge >= 0.3 is 0 Å². The SMILES string of the molecule is NC(=O)c1c(-c2ccncc2)nc2n(c1=O)CCC[C]2. The maximum Gasteiger partial charge on any atom is 0.267 e. The van der Waals surface area contributed by atoms with E-state index in [-0.39, 0.29) is 5.56 Å². The normalized spacial score (nSPS) is 13.8. The average molecular weight is 268 g/mol. The number of carbonyl (C=O) groups is 1. The zero-order valence-corrected chi connectivity index (χ0v) is 10.7. The number of hydrogen-bond donors (Lipinski definition) is 1. The number of rotatable bonds is 2. The number of nitrogens with zero attached hydrogens (tertiary/aromatic N) is 3. The molecule has 2 aromatic rings. The monoisotopic (exact) mass is 268 g/mol. The second-order valence-electron chi connectivity index (χ2n) is 4.50. The quantitative estimate of drug-likeness (QED) is 0.864. The van der Waals surface area contributed by atoms with Crippen molar-refractivity contribution in [3.63, 3.8) is 0 Å². The van der Waals surface area contributed by atoms with Gasteiger partial charge in [0, 0.05) is 24.5 Å². The molecule has 0 saturated heterocycles. The molecule has 0 spiro atoms. The van der Waals surface area contributed by atoms with Crippen LogP contribution in [-0.2, 0) is 6.54 Å². The third kappa shape index (κ3) is 1.99. The molecule has 2 aromatic heterocycles. The Hall–Kier alpha value is -2.50. The Kier molecular flexibility index (Phi) is 3.06. The van der Waals surface area contributed by atoms with Gasteiger partial charge in [0.2, 0.25) is 0 Å². The Morgan fingerprint density at radius 1 is 1.35 bits per heavy atom. The molecular formula is C14H12N4O2. The van der Waals surface area contributed by atoms with Gasteiger partial charge in [-0.1, -0.05) is 0 Å². The van der Waals surface area contributed by atoms with Gasteiger partial charge in [-0.3, -0.25) is 19.1 Å². The van der Waals surface area contributed by atoms with Crippen LogP contribution in [0.2, 0.25) is 0 Å². The largest absolute Gasteiger partial charge is 0.365 e. The van der Waals surface area contributed by atoms with Gasteiger partial charge in [-0.25, -0.2) is 4.98 Å². The molecule has 1 aliphatic heterocycles. The van der Waals surface area contributed by atoms with E-state index in [1.165, 1.54) is 4.57 Å². The van der Waals surface area contributed by atoms with Gasteiger partial charge in [-0.2, -0.15) is 0 Å². The summed E-state index contributed by atoms with van der Waals surface area (Å²) in [4.78, 5) is 32.4. The average Bonchev–Trinajstić information content (AvgIpc) is 2.47. The third-order valence-electron chi connectivity index (χ3n) is 3.21. The topological polar surface area (TPSA) is 90.9 Å². The minimum Gasteiger partial charge on any atom is -0.365 e. The van der Waals surface area contributed by atoms with E-state index in [0.29, 0.717) is 23.6 Å². The van der Waals surface area contributed by atoms with Gasteiger partial charge in [0.15, 0.2) is 0 Å². The molecule has 20 heavy (non-hydrogen) atoms. The highest BCUT2D eigenvalue weighted by atomic mass is 16.2. The van der Waals surface area contributed by atoms with Crippen molar-refractivity contribution in [2.24, 2.45) is 5.73 Å². The molecule has 3 heterocycles. The number of carbonyl (C=O) groups excluding carboxylic acids is 1. The summed E-state index contributed by atoms with van der Waals surface area (Å²) in [5, 5.41) is 0. The highest BCUT2D eigenvalue weighted by Gasteiger charge is 2.23. The fraction of sp³-hybridized carbons (Fsp3) is 0.214. The minimum absolute atomic E-state index is 0.0800. The van der Waals surface area contributed by atoms with E-state index in [1.807, 2.05) is 0 Å². The Labute approximate surface area is 115 Å². The molecule has 3 rings (SSSR count). The van der Waals surface area contributed by atoms with E-state index < -0.39 is 11.5 Å². The Morgan fingerprint density at radius 3 is 2.80 bits per heavy atom. The van der Waals surface area contributed by atoms with E-state index in [4.69, 9.17) is 5.73 Å². The molecule has 6 heteroatoms. The van der Waals surface area contributed by atoms with Crippen molar-refractivity contribution in [3.05, 3.63) is 52.7 Å². The molecule has 0 saturated carbocycles. The molecule has 2 radical (unpaired) electrons. The number of aromatic nitrogens is 3. The lowest BCUT2D eigenvalue weighted by atomic mass is 10.1. The summed E-state index contributed by atoms with van der Waals surface area (Å²) < 4.78 is 1.45. The number of pyridine rings is 1. The molecule has 6 nitrogen and oxygen atoms in total. The second-order valence-corrected chi connectivity index (χ2v) is 4.50. The van der Waals surface area contributed by atoms with Crippen LogP contribution >= 0.6 is 0 Å². The van der Waals surface area contributed by atoms with E-state index >= 15 is 0 Å². The van der Waals surface area contributed by atoms with E-state index in [1.54, 1.807) is 24.5 Å². The Bertz CT molecular complexity index is 722. The summed E-state index contributed by atoms with van der Waals surface area (Å²) in [5.41, 5.74) is 5.81. The summed E-state index contributed by atoms with van der Waals surface area (Å²) in [5.74, 6) is -0.298. The predicted octanol–water partition coefficient (Wildman–Crippen LogP) is 0.627. The molecule has 100 valence electrons. The second kappa shape index (κ2) is 4.88. The van der Waals surface area contributed by atoms with Crippen LogP contribution in [0.5, 0.6) is 0 Å². The maximum atomic E-state index is 12.4. The van der Waals surface area contributed by atoms with E-state index in [2.05, 4.69) is 16.4 Å².